The van der Waals surface area contributed by atoms with Crippen LogP contribution in [0, 0.1) is 5.92 Å². The molecule has 0 aliphatic carbocycles. The van der Waals surface area contributed by atoms with Crippen molar-refractivity contribution in [3.05, 3.63) is 23.8 Å². The van der Waals surface area contributed by atoms with Gasteiger partial charge in [-0.3, -0.25) is 0 Å². The standard InChI is InChI=1S/C13H17NO2/c1-15-11-3-2-4-12-13(11)10-5-6-14-7-9(10)8-16-12/h2-4,9-10,14H,5-8H2,1H3/t9-,10+/m0/s1. The topological polar surface area (TPSA) is 30.5 Å². The molecule has 0 saturated carbocycles. The number of rotatable bonds is 1. The lowest BCUT2D eigenvalue weighted by Gasteiger charge is -2.37. The highest BCUT2D eigenvalue weighted by atomic mass is 16.5. The van der Waals surface area contributed by atoms with Crippen LogP contribution in [0.5, 0.6) is 11.5 Å². The van der Waals surface area contributed by atoms with Gasteiger partial charge in [-0.25, -0.2) is 0 Å². The Hall–Kier alpha value is -1.22. The highest BCUT2D eigenvalue weighted by molar-refractivity contribution is 5.49. The fourth-order valence-electron chi connectivity index (χ4n) is 2.87. The lowest BCUT2D eigenvalue weighted by atomic mass is 9.79. The van der Waals surface area contributed by atoms with Gasteiger partial charge in [0.25, 0.3) is 0 Å². The molecule has 2 heterocycles. The number of hydrogen-bond acceptors (Lipinski definition) is 3. The summed E-state index contributed by atoms with van der Waals surface area (Å²) in [7, 11) is 1.74. The summed E-state index contributed by atoms with van der Waals surface area (Å²) in [5.74, 6) is 3.19. The minimum Gasteiger partial charge on any atom is -0.496 e. The molecular weight excluding hydrogens is 202 g/mol. The Kier molecular flexibility index (Phi) is 2.48. The molecule has 0 aromatic heterocycles. The number of piperidine rings is 1. The van der Waals surface area contributed by atoms with Crippen LogP contribution >= 0.6 is 0 Å². The smallest absolute Gasteiger partial charge is 0.126 e. The maximum absolute atomic E-state index is 5.82. The first-order valence-electron chi connectivity index (χ1n) is 5.90. The molecule has 3 heteroatoms. The Labute approximate surface area is 95.8 Å². The molecule has 0 unspecified atom stereocenters. The minimum atomic E-state index is 0.595. The number of nitrogens with one attached hydrogen (secondary N) is 1. The van der Waals surface area contributed by atoms with Crippen molar-refractivity contribution in [3.8, 4) is 11.5 Å². The molecule has 2 aliphatic rings. The largest absolute Gasteiger partial charge is 0.496 e. The van der Waals surface area contributed by atoms with Gasteiger partial charge in [0.05, 0.1) is 13.7 Å². The normalized spacial score (nSPS) is 27.6. The van der Waals surface area contributed by atoms with Gasteiger partial charge in [-0.15, -0.1) is 0 Å². The van der Waals surface area contributed by atoms with Gasteiger partial charge in [0.15, 0.2) is 0 Å². The lowest BCUT2D eigenvalue weighted by molar-refractivity contribution is 0.164. The van der Waals surface area contributed by atoms with E-state index in [9.17, 15) is 0 Å². The molecule has 86 valence electrons. The number of fused-ring (bicyclic) bond motifs is 3. The van der Waals surface area contributed by atoms with Gasteiger partial charge < -0.3 is 14.8 Å². The van der Waals surface area contributed by atoms with E-state index in [0.29, 0.717) is 11.8 Å². The van der Waals surface area contributed by atoms with E-state index in [1.807, 2.05) is 12.1 Å². The predicted molar refractivity (Wildman–Crippen MR) is 62.2 cm³/mol. The van der Waals surface area contributed by atoms with Gasteiger partial charge in [-0.2, -0.15) is 0 Å². The van der Waals surface area contributed by atoms with Crippen molar-refractivity contribution in [2.24, 2.45) is 5.92 Å². The lowest BCUT2D eigenvalue weighted by Crippen LogP contribution is -2.40. The van der Waals surface area contributed by atoms with Crippen LogP contribution in [-0.2, 0) is 0 Å². The van der Waals surface area contributed by atoms with E-state index < -0.39 is 0 Å². The first-order chi connectivity index (χ1) is 7.90. The molecule has 2 aliphatic heterocycles. The molecule has 1 N–H and O–H groups in total. The van der Waals surface area contributed by atoms with Gasteiger partial charge in [-0.05, 0) is 31.0 Å². The molecule has 1 aromatic rings. The van der Waals surface area contributed by atoms with Crippen LogP contribution in [0.25, 0.3) is 0 Å². The van der Waals surface area contributed by atoms with E-state index in [-0.39, 0.29) is 0 Å². The summed E-state index contributed by atoms with van der Waals surface area (Å²) in [6.45, 7) is 2.98. The van der Waals surface area contributed by atoms with Crippen molar-refractivity contribution in [2.75, 3.05) is 26.8 Å². The molecule has 1 saturated heterocycles. The summed E-state index contributed by atoms with van der Waals surface area (Å²) in [6.07, 6.45) is 1.18. The molecule has 16 heavy (non-hydrogen) atoms. The minimum absolute atomic E-state index is 0.595. The predicted octanol–water partition coefficient (Wildman–Crippen LogP) is 1.78. The van der Waals surface area contributed by atoms with Crippen LogP contribution in [0.3, 0.4) is 0 Å². The molecule has 3 rings (SSSR count). The van der Waals surface area contributed by atoms with Crippen LogP contribution in [0.1, 0.15) is 17.9 Å². The molecule has 0 bridgehead atoms. The van der Waals surface area contributed by atoms with Crippen LogP contribution < -0.4 is 14.8 Å². The molecule has 0 amide bonds. The van der Waals surface area contributed by atoms with Crippen LogP contribution in [0.15, 0.2) is 18.2 Å². The molecule has 3 nitrogen and oxygen atoms in total. The van der Waals surface area contributed by atoms with E-state index in [2.05, 4.69) is 11.4 Å². The van der Waals surface area contributed by atoms with Crippen LogP contribution in [-0.4, -0.2) is 26.8 Å². The summed E-state index contributed by atoms with van der Waals surface area (Å²) in [6, 6.07) is 6.09. The fraction of sp³-hybridized carbons (Fsp3) is 0.538. The van der Waals surface area contributed by atoms with E-state index in [1.165, 1.54) is 12.0 Å². The average Bonchev–Trinajstić information content (AvgIpc) is 2.37. The number of hydrogen-bond donors (Lipinski definition) is 1. The zero-order valence-corrected chi connectivity index (χ0v) is 9.53. The van der Waals surface area contributed by atoms with E-state index in [0.717, 1.165) is 31.2 Å². The maximum atomic E-state index is 5.82. The van der Waals surface area contributed by atoms with E-state index >= 15 is 0 Å². The summed E-state index contributed by atoms with van der Waals surface area (Å²) >= 11 is 0. The summed E-state index contributed by atoms with van der Waals surface area (Å²) < 4.78 is 11.3. The van der Waals surface area contributed by atoms with E-state index in [1.54, 1.807) is 7.11 Å². The van der Waals surface area contributed by atoms with Crippen LogP contribution in [0.4, 0.5) is 0 Å². The van der Waals surface area contributed by atoms with Crippen molar-refractivity contribution in [1.29, 1.82) is 0 Å². The molecule has 1 aromatic carbocycles. The second-order valence-corrected chi connectivity index (χ2v) is 4.54. The summed E-state index contributed by atoms with van der Waals surface area (Å²) in [5, 5.41) is 3.43. The van der Waals surface area contributed by atoms with Gasteiger partial charge >= 0.3 is 0 Å². The third-order valence-corrected chi connectivity index (χ3v) is 3.68. The zero-order valence-electron chi connectivity index (χ0n) is 9.53. The Morgan fingerprint density at radius 3 is 3.25 bits per heavy atom. The molecule has 2 atom stereocenters. The third kappa shape index (κ3) is 1.47. The highest BCUT2D eigenvalue weighted by Gasteiger charge is 2.34. The van der Waals surface area contributed by atoms with Crippen molar-refractivity contribution < 1.29 is 9.47 Å². The Balaban J connectivity index is 2.05. The molecule has 0 radical (unpaired) electrons. The van der Waals surface area contributed by atoms with E-state index in [4.69, 9.17) is 9.47 Å². The maximum Gasteiger partial charge on any atom is 0.126 e. The van der Waals surface area contributed by atoms with Gasteiger partial charge in [-0.1, -0.05) is 6.07 Å². The van der Waals surface area contributed by atoms with Crippen molar-refractivity contribution in [2.45, 2.75) is 12.3 Å². The first kappa shape index (κ1) is 9.97. The summed E-state index contributed by atoms with van der Waals surface area (Å²) in [4.78, 5) is 0. The summed E-state index contributed by atoms with van der Waals surface area (Å²) in [5.41, 5.74) is 1.28. The fourth-order valence-corrected chi connectivity index (χ4v) is 2.87. The molecule has 0 spiro atoms. The number of benzene rings is 1. The van der Waals surface area contributed by atoms with Gasteiger partial charge in [0, 0.05) is 18.0 Å². The van der Waals surface area contributed by atoms with Crippen molar-refractivity contribution in [3.63, 3.8) is 0 Å². The highest BCUT2D eigenvalue weighted by Crippen LogP contribution is 2.44. The van der Waals surface area contributed by atoms with Crippen LogP contribution in [0.2, 0.25) is 0 Å². The van der Waals surface area contributed by atoms with Gasteiger partial charge in [0.2, 0.25) is 0 Å². The van der Waals surface area contributed by atoms with Gasteiger partial charge in [0.1, 0.15) is 11.5 Å². The van der Waals surface area contributed by atoms with Crippen molar-refractivity contribution in [1.82, 2.24) is 5.32 Å². The third-order valence-electron chi connectivity index (χ3n) is 3.68. The Morgan fingerprint density at radius 1 is 1.44 bits per heavy atom. The zero-order chi connectivity index (χ0) is 11.0. The SMILES string of the molecule is COc1cccc2c1[C@@H]1CCNC[C@H]1CO2. The number of ether oxygens (including phenoxy) is 2. The molecule has 1 fully saturated rings. The monoisotopic (exact) mass is 219 g/mol. The van der Waals surface area contributed by atoms with Crippen molar-refractivity contribution >= 4 is 0 Å². The average molecular weight is 219 g/mol. The second-order valence-electron chi connectivity index (χ2n) is 4.54. The second kappa shape index (κ2) is 3.98. The first-order valence-corrected chi connectivity index (χ1v) is 5.90. The Bertz CT molecular complexity index is 377. The quantitative estimate of drug-likeness (QED) is 0.781. The molecular formula is C13H17NO2. The Morgan fingerprint density at radius 2 is 2.38 bits per heavy atom. The number of methoxy groups -OCH3 is 1.